The third-order valence-corrected chi connectivity index (χ3v) is 12.5. The van der Waals surface area contributed by atoms with Crippen LogP contribution in [0.3, 0.4) is 0 Å². The van der Waals surface area contributed by atoms with E-state index in [0.717, 1.165) is 42.6 Å². The first-order valence-corrected chi connectivity index (χ1v) is 20.3. The number of aryl methyl sites for hydroxylation is 1. The fourth-order valence-corrected chi connectivity index (χ4v) is 9.17. The van der Waals surface area contributed by atoms with Crippen molar-refractivity contribution in [3.05, 3.63) is 93.0 Å². The molecule has 11 nitrogen and oxygen atoms in total. The van der Waals surface area contributed by atoms with Gasteiger partial charge in [-0.05, 0) is 79.8 Å². The molecule has 4 aliphatic heterocycles. The number of hydrogen-bond donors (Lipinski definition) is 0. The minimum absolute atomic E-state index is 0.0839. The molecule has 4 heterocycles. The summed E-state index contributed by atoms with van der Waals surface area (Å²) in [6, 6.07) is 17.7. The van der Waals surface area contributed by atoms with Crippen LogP contribution in [0.5, 0.6) is 5.75 Å². The van der Waals surface area contributed by atoms with Crippen molar-refractivity contribution in [2.24, 2.45) is 4.99 Å². The molecule has 3 fully saturated rings. The number of halogens is 2. The van der Waals surface area contributed by atoms with Crippen molar-refractivity contribution in [2.75, 3.05) is 78.7 Å². The van der Waals surface area contributed by atoms with Crippen molar-refractivity contribution in [2.45, 2.75) is 43.7 Å². The van der Waals surface area contributed by atoms with Gasteiger partial charge in [-0.25, -0.2) is 13.3 Å². The SMILES string of the molecule is CCOc1cc(C)c(S(=O)N2CCCC2)cc1C1=N[C@@H](c2ccc(Cl)cc2)[C@@H](c2ccc(Cl)cc2)N1C(=O)N1CCN(CC(=O)N2CCOCC2)CC1. The Balaban J connectivity index is 1.28. The van der Waals surface area contributed by atoms with Crippen LogP contribution in [0.25, 0.3) is 0 Å². The first-order chi connectivity index (χ1) is 25.7. The van der Waals surface area contributed by atoms with E-state index in [2.05, 4.69) is 4.90 Å². The van der Waals surface area contributed by atoms with Gasteiger partial charge in [0.15, 0.2) is 0 Å². The molecule has 3 aromatic carbocycles. The summed E-state index contributed by atoms with van der Waals surface area (Å²) in [5.74, 6) is 1.10. The average Bonchev–Trinajstić information content (AvgIpc) is 3.86. The van der Waals surface area contributed by atoms with E-state index in [1.54, 1.807) is 4.90 Å². The lowest BCUT2D eigenvalue weighted by Gasteiger charge is -2.39. The molecule has 3 atom stereocenters. The highest BCUT2D eigenvalue weighted by Gasteiger charge is 2.45. The monoisotopic (exact) mass is 780 g/mol. The molecule has 0 spiro atoms. The smallest absolute Gasteiger partial charge is 0.326 e. The van der Waals surface area contributed by atoms with Gasteiger partial charge in [0, 0.05) is 62.4 Å². The van der Waals surface area contributed by atoms with E-state index in [4.69, 9.17) is 37.7 Å². The molecule has 1 unspecified atom stereocenters. The summed E-state index contributed by atoms with van der Waals surface area (Å²) < 4.78 is 27.7. The van der Waals surface area contributed by atoms with Crippen LogP contribution in [0, 0.1) is 6.92 Å². The highest BCUT2D eigenvalue weighted by molar-refractivity contribution is 7.82. The number of nitrogens with zero attached hydrogens (tertiary/aromatic N) is 6. The molecule has 4 aliphatic rings. The van der Waals surface area contributed by atoms with Gasteiger partial charge < -0.3 is 19.3 Å². The number of carbonyl (C=O) groups is 2. The van der Waals surface area contributed by atoms with Crippen LogP contribution in [-0.4, -0.2) is 125 Å². The molecule has 0 radical (unpaired) electrons. The van der Waals surface area contributed by atoms with Gasteiger partial charge in [-0.2, -0.15) is 0 Å². The number of carbonyl (C=O) groups excluding carboxylic acids is 2. The number of urea groups is 1. The number of benzene rings is 3. The van der Waals surface area contributed by atoms with Crippen molar-refractivity contribution in [1.82, 2.24) is 23.9 Å². The number of rotatable bonds is 9. The number of amides is 3. The van der Waals surface area contributed by atoms with E-state index in [-0.39, 0.29) is 11.9 Å². The standard InChI is InChI=1S/C39H46Cl2N6O5S/c1-3-52-33-24-27(2)34(53(50)46-14-4-5-15-46)25-32(33)38-42-36(28-6-10-30(40)11-7-28)37(29-8-12-31(41)13-9-29)47(38)39(49)45-18-16-43(17-19-45)26-35(48)44-20-22-51-23-21-44/h6-13,24-25,36-37H,3-5,14-23,26H2,1-2H3/t36-,37+,53?/m0/s1. The zero-order chi connectivity index (χ0) is 37.1. The van der Waals surface area contributed by atoms with Crippen LogP contribution >= 0.6 is 23.2 Å². The minimum atomic E-state index is -1.39. The molecule has 7 rings (SSSR count). The van der Waals surface area contributed by atoms with Crippen molar-refractivity contribution in [3.8, 4) is 5.75 Å². The second-order valence-electron chi connectivity index (χ2n) is 13.8. The Labute approximate surface area is 324 Å². The highest BCUT2D eigenvalue weighted by atomic mass is 35.5. The molecule has 282 valence electrons. The van der Waals surface area contributed by atoms with Crippen LogP contribution in [-0.2, 0) is 20.5 Å². The van der Waals surface area contributed by atoms with E-state index in [9.17, 15) is 9.00 Å². The van der Waals surface area contributed by atoms with Crippen LogP contribution in [0.15, 0.2) is 70.6 Å². The number of amidine groups is 1. The Morgan fingerprint density at radius 1 is 0.849 bits per heavy atom. The van der Waals surface area contributed by atoms with Gasteiger partial charge in [0.05, 0.1) is 42.9 Å². The molecule has 53 heavy (non-hydrogen) atoms. The molecule has 0 saturated carbocycles. The molecular weight excluding hydrogens is 735 g/mol. The van der Waals surface area contributed by atoms with Gasteiger partial charge in [-0.3, -0.25) is 19.6 Å². The number of piperazine rings is 1. The summed E-state index contributed by atoms with van der Waals surface area (Å²) in [7, 11) is -1.39. The molecule has 0 aliphatic carbocycles. The number of aliphatic imine (C=N–C) groups is 1. The fraction of sp³-hybridized carbons (Fsp3) is 0.462. The lowest BCUT2D eigenvalue weighted by Crippen LogP contribution is -2.56. The Kier molecular flexibility index (Phi) is 12.0. The van der Waals surface area contributed by atoms with Crippen molar-refractivity contribution in [3.63, 3.8) is 0 Å². The minimum Gasteiger partial charge on any atom is -0.493 e. The summed E-state index contributed by atoms with van der Waals surface area (Å²) in [6.45, 7) is 10.4. The molecular formula is C39H46Cl2N6O5S. The summed E-state index contributed by atoms with van der Waals surface area (Å²) >= 11 is 12.7. The lowest BCUT2D eigenvalue weighted by molar-refractivity contribution is -0.136. The Bertz CT molecular complexity index is 1840. The quantitative estimate of drug-likeness (QED) is 0.266. The molecule has 14 heteroatoms. The topological polar surface area (TPSA) is 98.2 Å². The van der Waals surface area contributed by atoms with Gasteiger partial charge >= 0.3 is 6.03 Å². The van der Waals surface area contributed by atoms with E-state index in [0.29, 0.717) is 97.7 Å². The zero-order valence-corrected chi connectivity index (χ0v) is 32.5. The summed E-state index contributed by atoms with van der Waals surface area (Å²) in [5, 5.41) is 1.19. The summed E-state index contributed by atoms with van der Waals surface area (Å²) in [6.07, 6.45) is 2.01. The van der Waals surface area contributed by atoms with Crippen molar-refractivity contribution >= 4 is 52.0 Å². The van der Waals surface area contributed by atoms with Crippen LogP contribution < -0.4 is 4.74 Å². The Hall–Kier alpha value is -3.52. The maximum Gasteiger partial charge on any atom is 0.326 e. The maximum absolute atomic E-state index is 15.1. The molecule has 3 saturated heterocycles. The average molecular weight is 782 g/mol. The number of morpholine rings is 1. The van der Waals surface area contributed by atoms with Gasteiger partial charge in [0.2, 0.25) is 5.91 Å². The third-order valence-electron chi connectivity index (χ3n) is 10.4. The van der Waals surface area contributed by atoms with Crippen LogP contribution in [0.1, 0.15) is 54.1 Å². The van der Waals surface area contributed by atoms with E-state index in [1.165, 1.54) is 0 Å². The van der Waals surface area contributed by atoms with Gasteiger partial charge in [-0.15, -0.1) is 0 Å². The normalized spacial score (nSPS) is 21.9. The van der Waals surface area contributed by atoms with E-state index < -0.39 is 23.1 Å². The summed E-state index contributed by atoms with van der Waals surface area (Å²) in [5.41, 5.74) is 3.21. The Morgan fingerprint density at radius 3 is 2.09 bits per heavy atom. The van der Waals surface area contributed by atoms with Crippen LogP contribution in [0.2, 0.25) is 10.0 Å². The molecule has 0 aromatic heterocycles. The summed E-state index contributed by atoms with van der Waals surface area (Å²) in [4.78, 5) is 41.8. The van der Waals surface area contributed by atoms with Crippen LogP contribution in [0.4, 0.5) is 4.79 Å². The third kappa shape index (κ3) is 8.28. The largest absolute Gasteiger partial charge is 0.493 e. The van der Waals surface area contributed by atoms with Crippen molar-refractivity contribution in [1.29, 1.82) is 0 Å². The predicted octanol–water partition coefficient (Wildman–Crippen LogP) is 5.96. The van der Waals surface area contributed by atoms with E-state index >= 15 is 4.79 Å². The Morgan fingerprint density at radius 2 is 1.47 bits per heavy atom. The predicted molar refractivity (Wildman–Crippen MR) is 207 cm³/mol. The lowest BCUT2D eigenvalue weighted by atomic mass is 9.93. The van der Waals surface area contributed by atoms with Gasteiger partial charge in [-0.1, -0.05) is 47.5 Å². The zero-order valence-electron chi connectivity index (χ0n) is 30.2. The molecule has 3 aromatic rings. The molecule has 3 amide bonds. The first kappa shape index (κ1) is 37.8. The molecule has 0 N–H and O–H groups in total. The second kappa shape index (κ2) is 16.9. The molecule has 0 bridgehead atoms. The fourth-order valence-electron chi connectivity index (χ4n) is 7.50. The maximum atomic E-state index is 15.1. The van der Waals surface area contributed by atoms with E-state index in [1.807, 2.05) is 88.6 Å². The number of hydrogen-bond acceptors (Lipinski definition) is 7. The highest BCUT2D eigenvalue weighted by Crippen LogP contribution is 2.46. The van der Waals surface area contributed by atoms with Crippen molar-refractivity contribution < 1.29 is 23.3 Å². The van der Waals surface area contributed by atoms with Gasteiger partial charge in [0.1, 0.15) is 28.6 Å². The first-order valence-electron chi connectivity index (χ1n) is 18.4. The second-order valence-corrected chi connectivity index (χ2v) is 16.1. The number of ether oxygens (including phenoxy) is 2. The van der Waals surface area contributed by atoms with Gasteiger partial charge in [0.25, 0.3) is 0 Å².